The molecule has 0 aliphatic carbocycles. The van der Waals surface area contributed by atoms with Crippen molar-refractivity contribution < 1.29 is 19.0 Å². The summed E-state index contributed by atoms with van der Waals surface area (Å²) in [5.74, 6) is 0.917. The van der Waals surface area contributed by atoms with Gasteiger partial charge in [0.15, 0.2) is 0 Å². The highest BCUT2D eigenvalue weighted by Gasteiger charge is 2.47. The topological polar surface area (TPSA) is 74.0 Å². The minimum atomic E-state index is -0.527. The van der Waals surface area contributed by atoms with Crippen LogP contribution < -0.4 is 10.5 Å². The van der Waals surface area contributed by atoms with Gasteiger partial charge >= 0.3 is 6.03 Å². The summed E-state index contributed by atoms with van der Waals surface area (Å²) in [6, 6.07) is 7.56. The van der Waals surface area contributed by atoms with Crippen molar-refractivity contribution in [2.45, 2.75) is 37.4 Å². The third kappa shape index (κ3) is 2.73. The number of urea groups is 1. The van der Waals surface area contributed by atoms with Crippen molar-refractivity contribution in [2.24, 2.45) is 5.73 Å². The minimum Gasteiger partial charge on any atom is -0.486 e. The number of benzene rings is 1. The summed E-state index contributed by atoms with van der Waals surface area (Å²) in [5, 5.41) is 0. The first-order valence-electron chi connectivity index (χ1n) is 8.13. The Bertz CT molecular complexity index is 675. The molecule has 3 heterocycles. The molecule has 4 rings (SSSR count). The number of ether oxygens (including phenoxy) is 3. The van der Waals surface area contributed by atoms with Gasteiger partial charge in [0, 0.05) is 25.8 Å². The van der Waals surface area contributed by atoms with Crippen molar-refractivity contribution >= 4 is 6.03 Å². The van der Waals surface area contributed by atoms with Gasteiger partial charge in [-0.1, -0.05) is 24.3 Å². The van der Waals surface area contributed by atoms with Crippen LogP contribution in [0.4, 0.5) is 4.79 Å². The molecule has 1 saturated heterocycles. The molecule has 1 aromatic rings. The van der Waals surface area contributed by atoms with Crippen LogP contribution in [0.25, 0.3) is 0 Å². The molecule has 6 heteroatoms. The Hall–Kier alpha value is -2.47. The van der Waals surface area contributed by atoms with E-state index in [2.05, 4.69) is 6.07 Å². The first-order valence-corrected chi connectivity index (χ1v) is 8.13. The third-order valence-corrected chi connectivity index (χ3v) is 4.76. The fourth-order valence-corrected chi connectivity index (χ4v) is 3.59. The van der Waals surface area contributed by atoms with Crippen LogP contribution in [-0.2, 0) is 15.9 Å². The lowest BCUT2D eigenvalue weighted by molar-refractivity contribution is -0.183. The molecular weight excluding hydrogens is 308 g/mol. The standard InChI is InChI=1S/C18H20N2O4/c19-17(21)20-9-8-18(11-13-5-1-2-6-14(13)24-18)12-15(20)23-16-7-3-4-10-22-16/h1-7,10,15-16H,8-9,11-12H2,(H2,19,21). The van der Waals surface area contributed by atoms with E-state index in [9.17, 15) is 4.79 Å². The third-order valence-electron chi connectivity index (χ3n) is 4.76. The molecule has 126 valence electrons. The van der Waals surface area contributed by atoms with Gasteiger partial charge in [-0.3, -0.25) is 4.90 Å². The molecule has 1 aromatic carbocycles. The van der Waals surface area contributed by atoms with Crippen molar-refractivity contribution in [3.8, 4) is 5.75 Å². The maximum Gasteiger partial charge on any atom is 0.316 e. The summed E-state index contributed by atoms with van der Waals surface area (Å²) in [6.07, 6.45) is 8.09. The number of fused-ring (bicyclic) bond motifs is 1. The van der Waals surface area contributed by atoms with E-state index in [0.717, 1.165) is 18.6 Å². The van der Waals surface area contributed by atoms with Gasteiger partial charge in [0.2, 0.25) is 6.29 Å². The highest BCUT2D eigenvalue weighted by atomic mass is 16.7. The first-order chi connectivity index (χ1) is 11.7. The van der Waals surface area contributed by atoms with Crippen LogP contribution in [0.5, 0.6) is 5.75 Å². The van der Waals surface area contributed by atoms with Crippen LogP contribution in [-0.4, -0.2) is 35.6 Å². The smallest absolute Gasteiger partial charge is 0.316 e. The predicted octanol–water partition coefficient (Wildman–Crippen LogP) is 2.30. The molecule has 2 N–H and O–H groups in total. The number of hydrogen-bond donors (Lipinski definition) is 1. The molecule has 0 radical (unpaired) electrons. The van der Waals surface area contributed by atoms with Gasteiger partial charge < -0.3 is 19.9 Å². The second-order valence-corrected chi connectivity index (χ2v) is 6.36. The minimum absolute atomic E-state index is 0.353. The Morgan fingerprint density at radius 2 is 2.21 bits per heavy atom. The Kier molecular flexibility index (Phi) is 3.69. The molecule has 6 nitrogen and oxygen atoms in total. The Labute approximate surface area is 140 Å². The molecule has 3 unspecified atom stereocenters. The largest absolute Gasteiger partial charge is 0.486 e. The first kappa shape index (κ1) is 15.1. The van der Waals surface area contributed by atoms with E-state index in [1.54, 1.807) is 23.3 Å². The van der Waals surface area contributed by atoms with Gasteiger partial charge in [0.1, 0.15) is 17.6 Å². The van der Waals surface area contributed by atoms with E-state index in [0.29, 0.717) is 13.0 Å². The number of allylic oxidation sites excluding steroid dienone is 2. The quantitative estimate of drug-likeness (QED) is 0.904. The van der Waals surface area contributed by atoms with Crippen LogP contribution in [0.2, 0.25) is 0 Å². The van der Waals surface area contributed by atoms with E-state index < -0.39 is 18.5 Å². The summed E-state index contributed by atoms with van der Waals surface area (Å²) in [7, 11) is 0. The maximum absolute atomic E-state index is 11.8. The number of likely N-dealkylation sites (tertiary alicyclic amines) is 1. The Morgan fingerprint density at radius 1 is 1.33 bits per heavy atom. The van der Waals surface area contributed by atoms with Crippen molar-refractivity contribution in [1.82, 2.24) is 4.90 Å². The highest BCUT2D eigenvalue weighted by Crippen LogP contribution is 2.42. The average molecular weight is 328 g/mol. The number of nitrogens with two attached hydrogens (primary N) is 1. The van der Waals surface area contributed by atoms with Gasteiger partial charge in [-0.25, -0.2) is 4.79 Å². The number of nitrogens with zero attached hydrogens (tertiary/aromatic N) is 1. The maximum atomic E-state index is 11.8. The number of carbonyl (C=O) groups excluding carboxylic acids is 1. The van der Waals surface area contributed by atoms with Crippen LogP contribution in [0.3, 0.4) is 0 Å². The molecular formula is C18H20N2O4. The summed E-state index contributed by atoms with van der Waals surface area (Å²) in [5.41, 5.74) is 6.37. The van der Waals surface area contributed by atoms with Crippen molar-refractivity contribution in [2.75, 3.05) is 6.54 Å². The SMILES string of the molecule is NC(=O)N1CCC2(Cc3ccccc3O2)CC1OC1C=CC=CO1. The molecule has 0 bridgehead atoms. The van der Waals surface area contributed by atoms with Gasteiger partial charge in [-0.15, -0.1) is 0 Å². The number of amides is 2. The van der Waals surface area contributed by atoms with E-state index in [1.807, 2.05) is 24.3 Å². The lowest BCUT2D eigenvalue weighted by atomic mass is 9.86. The fraction of sp³-hybridized carbons (Fsp3) is 0.389. The molecule has 3 atom stereocenters. The average Bonchev–Trinajstić information content (AvgIpc) is 2.93. The second-order valence-electron chi connectivity index (χ2n) is 6.36. The summed E-state index contributed by atoms with van der Waals surface area (Å²) in [6.45, 7) is 0.500. The Balaban J connectivity index is 1.53. The summed E-state index contributed by atoms with van der Waals surface area (Å²) < 4.78 is 17.6. The van der Waals surface area contributed by atoms with Crippen LogP contribution >= 0.6 is 0 Å². The number of hydrogen-bond acceptors (Lipinski definition) is 4. The van der Waals surface area contributed by atoms with Crippen molar-refractivity contribution in [3.63, 3.8) is 0 Å². The second kappa shape index (κ2) is 5.87. The Morgan fingerprint density at radius 3 is 2.96 bits per heavy atom. The number of carbonyl (C=O) groups is 1. The van der Waals surface area contributed by atoms with Gasteiger partial charge in [0.05, 0.1) is 6.26 Å². The number of rotatable bonds is 2. The van der Waals surface area contributed by atoms with Crippen molar-refractivity contribution in [3.05, 3.63) is 54.3 Å². The fourth-order valence-electron chi connectivity index (χ4n) is 3.59. The van der Waals surface area contributed by atoms with Gasteiger partial charge in [-0.05, 0) is 23.8 Å². The summed E-state index contributed by atoms with van der Waals surface area (Å²) in [4.78, 5) is 13.3. The predicted molar refractivity (Wildman–Crippen MR) is 87.1 cm³/mol. The number of para-hydroxylation sites is 1. The highest BCUT2D eigenvalue weighted by molar-refractivity contribution is 5.72. The molecule has 2 amide bonds. The zero-order valence-electron chi connectivity index (χ0n) is 13.3. The zero-order chi connectivity index (χ0) is 16.6. The summed E-state index contributed by atoms with van der Waals surface area (Å²) >= 11 is 0. The molecule has 3 aliphatic rings. The van der Waals surface area contributed by atoms with Gasteiger partial charge in [-0.2, -0.15) is 0 Å². The molecule has 0 saturated carbocycles. The molecule has 1 fully saturated rings. The number of primary amides is 1. The van der Waals surface area contributed by atoms with Crippen molar-refractivity contribution in [1.29, 1.82) is 0 Å². The van der Waals surface area contributed by atoms with E-state index in [4.69, 9.17) is 19.9 Å². The van der Waals surface area contributed by atoms with E-state index in [1.165, 1.54) is 5.56 Å². The lowest BCUT2D eigenvalue weighted by Crippen LogP contribution is -2.57. The van der Waals surface area contributed by atoms with Crippen LogP contribution in [0.1, 0.15) is 18.4 Å². The molecule has 0 aromatic heterocycles. The monoisotopic (exact) mass is 328 g/mol. The number of piperidine rings is 1. The van der Waals surface area contributed by atoms with Gasteiger partial charge in [0.25, 0.3) is 0 Å². The zero-order valence-corrected chi connectivity index (χ0v) is 13.3. The van der Waals surface area contributed by atoms with Crippen LogP contribution in [0.15, 0.2) is 48.8 Å². The lowest BCUT2D eigenvalue weighted by Gasteiger charge is -2.43. The van der Waals surface area contributed by atoms with Crippen LogP contribution in [0, 0.1) is 0 Å². The molecule has 3 aliphatic heterocycles. The van der Waals surface area contributed by atoms with E-state index in [-0.39, 0.29) is 5.60 Å². The molecule has 24 heavy (non-hydrogen) atoms. The normalized spacial score (nSPS) is 30.8. The molecule has 1 spiro atoms. The van der Waals surface area contributed by atoms with E-state index >= 15 is 0 Å².